The number of hydrogen-bond acceptors (Lipinski definition) is 3. The minimum Gasteiger partial charge on any atom is -0.393 e. The number of ether oxygens (including phenoxy) is 1. The van der Waals surface area contributed by atoms with E-state index in [0.29, 0.717) is 0 Å². The van der Waals surface area contributed by atoms with Crippen LogP contribution in [0.5, 0.6) is 0 Å². The maximum Gasteiger partial charge on any atom is 0.314 e. The zero-order valence-corrected chi connectivity index (χ0v) is 10.2. The molecular weight excluding hydrogens is 204 g/mol. The Balaban J connectivity index is 0.000000288. The molecule has 0 aromatic heterocycles. The van der Waals surface area contributed by atoms with Crippen LogP contribution < -0.4 is 0 Å². The molecule has 1 aliphatic rings. The number of allylic oxidation sites excluding steroid dienone is 1. The molecule has 92 valence electrons. The molecule has 0 amide bonds. The van der Waals surface area contributed by atoms with Gasteiger partial charge in [-0.3, -0.25) is 9.59 Å². The third kappa shape index (κ3) is 9.44. The van der Waals surface area contributed by atoms with Gasteiger partial charge in [0.1, 0.15) is 0 Å². The van der Waals surface area contributed by atoms with E-state index in [9.17, 15) is 9.59 Å². The average Bonchev–Trinajstić information content (AvgIpc) is 2.63. The second kappa shape index (κ2) is 10.4. The number of unbranched alkanes of at least 4 members (excludes halogenated alkanes) is 5. The fourth-order valence-electron chi connectivity index (χ4n) is 1.33. The van der Waals surface area contributed by atoms with E-state index in [2.05, 4.69) is 18.2 Å². The molecular formula is C13H22O3. The van der Waals surface area contributed by atoms with Crippen molar-refractivity contribution in [2.24, 2.45) is 0 Å². The Labute approximate surface area is 97.9 Å². The summed E-state index contributed by atoms with van der Waals surface area (Å²) in [5, 5.41) is 0. The second-order valence-corrected chi connectivity index (χ2v) is 3.84. The van der Waals surface area contributed by atoms with Gasteiger partial charge in [-0.15, -0.1) is 6.58 Å². The molecule has 3 nitrogen and oxygen atoms in total. The molecule has 1 heterocycles. The van der Waals surface area contributed by atoms with E-state index in [4.69, 9.17) is 0 Å². The van der Waals surface area contributed by atoms with Crippen LogP contribution >= 0.6 is 0 Å². The van der Waals surface area contributed by atoms with Gasteiger partial charge in [0.2, 0.25) is 0 Å². The summed E-state index contributed by atoms with van der Waals surface area (Å²) in [6, 6.07) is 0. The minimum atomic E-state index is -0.398. The van der Waals surface area contributed by atoms with Crippen molar-refractivity contribution in [2.45, 2.75) is 58.3 Å². The lowest BCUT2D eigenvalue weighted by atomic mass is 10.1. The molecule has 0 aromatic rings. The predicted molar refractivity (Wildman–Crippen MR) is 63.9 cm³/mol. The fourth-order valence-corrected chi connectivity index (χ4v) is 1.33. The van der Waals surface area contributed by atoms with E-state index in [-0.39, 0.29) is 12.8 Å². The van der Waals surface area contributed by atoms with E-state index in [1.54, 1.807) is 0 Å². The normalized spacial score (nSPS) is 14.1. The molecule has 0 unspecified atom stereocenters. The number of rotatable bonds is 6. The monoisotopic (exact) mass is 226 g/mol. The van der Waals surface area contributed by atoms with Gasteiger partial charge in [0.25, 0.3) is 0 Å². The summed E-state index contributed by atoms with van der Waals surface area (Å²) in [6.07, 6.45) is 10.6. The largest absolute Gasteiger partial charge is 0.393 e. The summed E-state index contributed by atoms with van der Waals surface area (Å²) in [7, 11) is 0. The summed E-state index contributed by atoms with van der Waals surface area (Å²) in [4.78, 5) is 20.0. The first-order valence-corrected chi connectivity index (χ1v) is 6.05. The van der Waals surface area contributed by atoms with Crippen molar-refractivity contribution in [2.75, 3.05) is 0 Å². The van der Waals surface area contributed by atoms with E-state index in [0.717, 1.165) is 0 Å². The van der Waals surface area contributed by atoms with Gasteiger partial charge in [-0.25, -0.2) is 0 Å². The van der Waals surface area contributed by atoms with Gasteiger partial charge in [0.05, 0.1) is 12.8 Å². The van der Waals surface area contributed by atoms with E-state index in [1.165, 1.54) is 38.5 Å². The molecule has 0 radical (unpaired) electrons. The first-order valence-electron chi connectivity index (χ1n) is 6.05. The topological polar surface area (TPSA) is 43.4 Å². The SMILES string of the molecule is C=CCCCCCCC.O=C1CCC(=O)O1. The van der Waals surface area contributed by atoms with Crippen LogP contribution in [0.2, 0.25) is 0 Å². The Bertz CT molecular complexity index is 207. The zero-order chi connectivity index (χ0) is 12.2. The molecule has 1 aliphatic heterocycles. The van der Waals surface area contributed by atoms with Gasteiger partial charge in [-0.1, -0.05) is 38.7 Å². The minimum absolute atomic E-state index is 0.263. The molecule has 1 saturated heterocycles. The smallest absolute Gasteiger partial charge is 0.314 e. The Hall–Kier alpha value is -1.12. The lowest BCUT2D eigenvalue weighted by Crippen LogP contribution is -1.94. The number of esters is 2. The molecule has 0 N–H and O–H groups in total. The number of hydrogen-bond donors (Lipinski definition) is 0. The summed E-state index contributed by atoms with van der Waals surface area (Å²) >= 11 is 0. The fraction of sp³-hybridized carbons (Fsp3) is 0.692. The summed E-state index contributed by atoms with van der Waals surface area (Å²) < 4.78 is 4.08. The van der Waals surface area contributed by atoms with Crippen LogP contribution in [0.3, 0.4) is 0 Å². The maximum absolute atomic E-state index is 10.0. The molecule has 3 heteroatoms. The maximum atomic E-state index is 10.0. The molecule has 0 atom stereocenters. The van der Waals surface area contributed by atoms with Crippen molar-refractivity contribution in [1.82, 2.24) is 0 Å². The highest BCUT2D eigenvalue weighted by atomic mass is 16.6. The van der Waals surface area contributed by atoms with Crippen molar-refractivity contribution in [3.8, 4) is 0 Å². The third-order valence-corrected chi connectivity index (χ3v) is 2.27. The highest BCUT2D eigenvalue weighted by Gasteiger charge is 2.19. The average molecular weight is 226 g/mol. The van der Waals surface area contributed by atoms with Gasteiger partial charge in [-0.2, -0.15) is 0 Å². The first-order chi connectivity index (χ1) is 7.70. The quantitative estimate of drug-likeness (QED) is 0.302. The van der Waals surface area contributed by atoms with Gasteiger partial charge in [0.15, 0.2) is 0 Å². The second-order valence-electron chi connectivity index (χ2n) is 3.84. The highest BCUT2D eigenvalue weighted by Crippen LogP contribution is 2.04. The van der Waals surface area contributed by atoms with Crippen molar-refractivity contribution >= 4 is 11.9 Å². The van der Waals surface area contributed by atoms with Crippen molar-refractivity contribution in [3.63, 3.8) is 0 Å². The van der Waals surface area contributed by atoms with Crippen LogP contribution in [-0.4, -0.2) is 11.9 Å². The molecule has 1 rings (SSSR count). The van der Waals surface area contributed by atoms with E-state index >= 15 is 0 Å². The molecule has 0 bridgehead atoms. The molecule has 0 spiro atoms. The predicted octanol–water partition coefficient (Wildman–Crippen LogP) is 3.38. The summed E-state index contributed by atoms with van der Waals surface area (Å²) in [5.41, 5.74) is 0. The van der Waals surface area contributed by atoms with Crippen LogP contribution in [0.4, 0.5) is 0 Å². The zero-order valence-electron chi connectivity index (χ0n) is 10.2. The van der Waals surface area contributed by atoms with Gasteiger partial charge >= 0.3 is 11.9 Å². The Kier molecular flexibility index (Phi) is 9.67. The first kappa shape index (κ1) is 14.9. The molecule has 0 aliphatic carbocycles. The van der Waals surface area contributed by atoms with E-state index in [1.807, 2.05) is 6.08 Å². The Morgan fingerprint density at radius 2 is 1.69 bits per heavy atom. The van der Waals surface area contributed by atoms with Crippen LogP contribution in [0.1, 0.15) is 58.3 Å². The lowest BCUT2D eigenvalue weighted by molar-refractivity contribution is -0.151. The Morgan fingerprint density at radius 3 is 2.06 bits per heavy atom. The number of cyclic esters (lactones) is 2. The molecule has 0 aromatic carbocycles. The molecule has 0 saturated carbocycles. The van der Waals surface area contributed by atoms with Crippen molar-refractivity contribution in [1.29, 1.82) is 0 Å². The number of carbonyl (C=O) groups excluding carboxylic acids is 2. The third-order valence-electron chi connectivity index (χ3n) is 2.27. The summed E-state index contributed by atoms with van der Waals surface area (Å²) in [5.74, 6) is -0.796. The van der Waals surface area contributed by atoms with Gasteiger partial charge in [0, 0.05) is 0 Å². The van der Waals surface area contributed by atoms with Crippen molar-refractivity contribution < 1.29 is 14.3 Å². The Morgan fingerprint density at radius 1 is 1.12 bits per heavy atom. The number of carbonyl (C=O) groups is 2. The van der Waals surface area contributed by atoms with Crippen LogP contribution in [0, 0.1) is 0 Å². The molecule has 16 heavy (non-hydrogen) atoms. The van der Waals surface area contributed by atoms with E-state index < -0.39 is 11.9 Å². The standard InChI is InChI=1S/C9H18.C4H4O3/c1-3-5-7-9-8-6-4-2;5-3-1-2-4(6)7-3/h3H,1,4-9H2,2H3;1-2H2. The lowest BCUT2D eigenvalue weighted by Gasteiger charge is -1.94. The highest BCUT2D eigenvalue weighted by molar-refractivity contribution is 5.92. The molecule has 1 fully saturated rings. The van der Waals surface area contributed by atoms with Gasteiger partial charge in [-0.05, 0) is 12.8 Å². The van der Waals surface area contributed by atoms with Crippen LogP contribution in [-0.2, 0) is 14.3 Å². The van der Waals surface area contributed by atoms with Crippen molar-refractivity contribution in [3.05, 3.63) is 12.7 Å². The van der Waals surface area contributed by atoms with Crippen LogP contribution in [0.25, 0.3) is 0 Å². The van der Waals surface area contributed by atoms with Gasteiger partial charge < -0.3 is 4.74 Å². The summed E-state index contributed by atoms with van der Waals surface area (Å²) in [6.45, 7) is 5.92. The van der Waals surface area contributed by atoms with Crippen LogP contribution in [0.15, 0.2) is 12.7 Å².